The fraction of sp³-hybridized carbons (Fsp3) is 0.438. The third kappa shape index (κ3) is 3.58. The molecule has 0 aliphatic carbocycles. The molecular weight excluding hydrogens is 266 g/mol. The number of rotatable bonds is 6. The van der Waals surface area contributed by atoms with E-state index in [9.17, 15) is 0 Å². The predicted octanol–water partition coefficient (Wildman–Crippen LogP) is 3.62. The van der Waals surface area contributed by atoms with E-state index in [0.29, 0.717) is 6.04 Å². The van der Waals surface area contributed by atoms with Gasteiger partial charge < -0.3 is 10.6 Å². The van der Waals surface area contributed by atoms with Crippen LogP contribution >= 0.6 is 11.3 Å². The molecule has 2 rings (SSSR count). The second kappa shape index (κ2) is 6.86. The molecule has 1 aromatic carbocycles. The molecule has 20 heavy (non-hydrogen) atoms. The number of hydrogen-bond acceptors (Lipinski definition) is 4. The van der Waals surface area contributed by atoms with Crippen LogP contribution < -0.4 is 10.6 Å². The molecule has 0 bridgehead atoms. The molecule has 0 aliphatic rings. The highest BCUT2D eigenvalue weighted by Crippen LogP contribution is 2.24. The summed E-state index contributed by atoms with van der Waals surface area (Å²) in [4.78, 5) is 7.04. The summed E-state index contributed by atoms with van der Waals surface area (Å²) < 4.78 is 0. The molecule has 0 saturated carbocycles. The van der Waals surface area contributed by atoms with Crippen molar-refractivity contribution in [1.82, 2.24) is 4.98 Å². The summed E-state index contributed by atoms with van der Waals surface area (Å²) in [6.07, 6.45) is 0.788. The quantitative estimate of drug-likeness (QED) is 0.883. The molecule has 108 valence electrons. The van der Waals surface area contributed by atoms with Crippen LogP contribution in [0, 0.1) is 0 Å². The van der Waals surface area contributed by atoms with Gasteiger partial charge in [0.2, 0.25) is 0 Å². The summed E-state index contributed by atoms with van der Waals surface area (Å²) in [5, 5.41) is 3.22. The zero-order valence-corrected chi connectivity index (χ0v) is 13.2. The second-order valence-electron chi connectivity index (χ2n) is 5.22. The standard InChI is InChI=1S/C16H23N3S/c1-4-19(12(2)3)16-18-14(11-20-16)10-15(17)13-8-6-5-7-9-13/h5-9,11-12,15H,4,10,17H2,1-3H3. The van der Waals surface area contributed by atoms with Crippen LogP contribution in [0.1, 0.15) is 38.1 Å². The van der Waals surface area contributed by atoms with Crippen molar-refractivity contribution in [1.29, 1.82) is 0 Å². The molecule has 1 unspecified atom stereocenters. The van der Waals surface area contributed by atoms with Crippen LogP contribution in [-0.4, -0.2) is 17.6 Å². The number of nitrogens with two attached hydrogens (primary N) is 1. The van der Waals surface area contributed by atoms with Gasteiger partial charge in [0.1, 0.15) is 0 Å². The Kier molecular flexibility index (Phi) is 5.15. The first-order chi connectivity index (χ1) is 9.61. The van der Waals surface area contributed by atoms with Crippen LogP contribution in [0.2, 0.25) is 0 Å². The van der Waals surface area contributed by atoms with Gasteiger partial charge in [-0.25, -0.2) is 4.98 Å². The van der Waals surface area contributed by atoms with E-state index >= 15 is 0 Å². The van der Waals surface area contributed by atoms with E-state index in [1.165, 1.54) is 5.56 Å². The van der Waals surface area contributed by atoms with Crippen molar-refractivity contribution >= 4 is 16.5 Å². The monoisotopic (exact) mass is 289 g/mol. The second-order valence-corrected chi connectivity index (χ2v) is 6.06. The van der Waals surface area contributed by atoms with Gasteiger partial charge in [-0.3, -0.25) is 0 Å². The van der Waals surface area contributed by atoms with Crippen molar-refractivity contribution in [3.05, 3.63) is 47.0 Å². The highest BCUT2D eigenvalue weighted by Gasteiger charge is 2.14. The molecule has 2 aromatic rings. The molecule has 1 aromatic heterocycles. The number of hydrogen-bond donors (Lipinski definition) is 1. The molecule has 0 amide bonds. The van der Waals surface area contributed by atoms with E-state index in [1.54, 1.807) is 11.3 Å². The fourth-order valence-electron chi connectivity index (χ4n) is 2.29. The van der Waals surface area contributed by atoms with Gasteiger partial charge in [-0.2, -0.15) is 0 Å². The minimum Gasteiger partial charge on any atom is -0.346 e. The van der Waals surface area contributed by atoms with Gasteiger partial charge in [-0.1, -0.05) is 30.3 Å². The average molecular weight is 289 g/mol. The largest absolute Gasteiger partial charge is 0.346 e. The van der Waals surface area contributed by atoms with Crippen LogP contribution in [0.3, 0.4) is 0 Å². The van der Waals surface area contributed by atoms with Crippen molar-refractivity contribution in [2.24, 2.45) is 5.73 Å². The lowest BCUT2D eigenvalue weighted by atomic mass is 10.0. The molecule has 0 spiro atoms. The molecular formula is C16H23N3S. The van der Waals surface area contributed by atoms with E-state index in [4.69, 9.17) is 10.7 Å². The predicted molar refractivity (Wildman–Crippen MR) is 87.3 cm³/mol. The number of thiazole rings is 1. The normalized spacial score (nSPS) is 12.7. The van der Waals surface area contributed by atoms with Crippen molar-refractivity contribution in [3.8, 4) is 0 Å². The minimum atomic E-state index is 0.0141. The zero-order valence-electron chi connectivity index (χ0n) is 12.4. The molecule has 0 aliphatic heterocycles. The molecule has 1 atom stereocenters. The molecule has 2 N–H and O–H groups in total. The Hall–Kier alpha value is -1.39. The van der Waals surface area contributed by atoms with Crippen LogP contribution in [0.15, 0.2) is 35.7 Å². The number of nitrogens with zero attached hydrogens (tertiary/aromatic N) is 2. The number of aromatic nitrogens is 1. The number of anilines is 1. The van der Waals surface area contributed by atoms with Crippen LogP contribution in [0.4, 0.5) is 5.13 Å². The number of benzene rings is 1. The summed E-state index contributed by atoms with van der Waals surface area (Å²) in [5.41, 5.74) is 8.50. The molecule has 4 heteroatoms. The third-order valence-corrected chi connectivity index (χ3v) is 4.33. The van der Waals surface area contributed by atoms with E-state index in [0.717, 1.165) is 23.8 Å². The van der Waals surface area contributed by atoms with Gasteiger partial charge in [0.25, 0.3) is 0 Å². The third-order valence-electron chi connectivity index (χ3n) is 3.41. The smallest absolute Gasteiger partial charge is 0.185 e. The molecule has 0 saturated heterocycles. The maximum atomic E-state index is 6.26. The van der Waals surface area contributed by atoms with Crippen LogP contribution in [-0.2, 0) is 6.42 Å². The van der Waals surface area contributed by atoms with Gasteiger partial charge >= 0.3 is 0 Å². The van der Waals surface area contributed by atoms with E-state index in [2.05, 4.69) is 43.2 Å². The van der Waals surface area contributed by atoms with E-state index < -0.39 is 0 Å². The lowest BCUT2D eigenvalue weighted by Crippen LogP contribution is -2.30. The lowest BCUT2D eigenvalue weighted by molar-refractivity contribution is 0.687. The van der Waals surface area contributed by atoms with Crippen molar-refractivity contribution < 1.29 is 0 Å². The van der Waals surface area contributed by atoms with Gasteiger partial charge in [-0.05, 0) is 26.3 Å². The van der Waals surface area contributed by atoms with Gasteiger partial charge in [0.05, 0.1) is 5.69 Å². The fourth-order valence-corrected chi connectivity index (χ4v) is 3.32. The molecule has 0 radical (unpaired) electrons. The molecule has 3 nitrogen and oxygen atoms in total. The SMILES string of the molecule is CCN(c1nc(CC(N)c2ccccc2)cs1)C(C)C. The van der Waals surface area contributed by atoms with Crippen molar-refractivity contribution in [2.45, 2.75) is 39.3 Å². The zero-order chi connectivity index (χ0) is 14.5. The van der Waals surface area contributed by atoms with Crippen LogP contribution in [0.5, 0.6) is 0 Å². The summed E-state index contributed by atoms with van der Waals surface area (Å²) >= 11 is 1.71. The lowest BCUT2D eigenvalue weighted by Gasteiger charge is -2.24. The first-order valence-electron chi connectivity index (χ1n) is 7.13. The molecule has 1 heterocycles. The maximum absolute atomic E-state index is 6.26. The summed E-state index contributed by atoms with van der Waals surface area (Å²) in [6.45, 7) is 7.53. The van der Waals surface area contributed by atoms with E-state index in [-0.39, 0.29) is 6.04 Å². The van der Waals surface area contributed by atoms with Gasteiger partial charge in [0, 0.05) is 30.4 Å². The minimum absolute atomic E-state index is 0.0141. The van der Waals surface area contributed by atoms with Gasteiger partial charge in [0.15, 0.2) is 5.13 Å². The Bertz CT molecular complexity index is 522. The topological polar surface area (TPSA) is 42.2 Å². The van der Waals surface area contributed by atoms with Crippen LogP contribution in [0.25, 0.3) is 0 Å². The summed E-state index contributed by atoms with van der Waals surface area (Å²) in [5.74, 6) is 0. The highest BCUT2D eigenvalue weighted by molar-refractivity contribution is 7.13. The van der Waals surface area contributed by atoms with Crippen molar-refractivity contribution in [3.63, 3.8) is 0 Å². The maximum Gasteiger partial charge on any atom is 0.185 e. The Morgan fingerprint density at radius 1 is 1.25 bits per heavy atom. The summed E-state index contributed by atoms with van der Waals surface area (Å²) in [6, 6.07) is 10.7. The Labute approximate surface area is 125 Å². The average Bonchev–Trinajstić information content (AvgIpc) is 2.88. The van der Waals surface area contributed by atoms with E-state index in [1.807, 2.05) is 18.2 Å². The first-order valence-corrected chi connectivity index (χ1v) is 8.01. The Balaban J connectivity index is 2.06. The summed E-state index contributed by atoms with van der Waals surface area (Å²) in [7, 11) is 0. The highest BCUT2D eigenvalue weighted by atomic mass is 32.1. The Morgan fingerprint density at radius 2 is 1.95 bits per heavy atom. The first kappa shape index (κ1) is 15.0. The molecule has 0 fully saturated rings. The Morgan fingerprint density at radius 3 is 2.55 bits per heavy atom. The van der Waals surface area contributed by atoms with Gasteiger partial charge in [-0.15, -0.1) is 11.3 Å². The van der Waals surface area contributed by atoms with Crippen molar-refractivity contribution in [2.75, 3.05) is 11.4 Å².